The first-order chi connectivity index (χ1) is 11.0. The number of aromatic nitrogens is 2. The van der Waals surface area contributed by atoms with E-state index in [0.29, 0.717) is 24.8 Å². The van der Waals surface area contributed by atoms with Gasteiger partial charge in [0.05, 0.1) is 6.54 Å². The highest BCUT2D eigenvalue weighted by Gasteiger charge is 2.29. The summed E-state index contributed by atoms with van der Waals surface area (Å²) in [7, 11) is 1.59. The van der Waals surface area contributed by atoms with E-state index in [0.717, 1.165) is 24.5 Å². The number of likely N-dealkylation sites (N-methyl/N-ethyl adjacent to an activating group) is 1. The zero-order chi connectivity index (χ0) is 16.8. The summed E-state index contributed by atoms with van der Waals surface area (Å²) >= 11 is 1.31. The Kier molecular flexibility index (Phi) is 6.43. The summed E-state index contributed by atoms with van der Waals surface area (Å²) in [5.74, 6) is -0.0278. The standard InChI is InChI=1S/C14H23N5O3S/c1-4-19(10(2)20)11-5-6-18(7-11)8-12(21)15-14-17-16-13(23-14)9-22-3/h11H,4-9H2,1-3H3,(H,15,17,21)/t11-/m0/s1. The third-order valence-corrected chi connectivity index (χ3v) is 4.59. The lowest BCUT2D eigenvalue weighted by Crippen LogP contribution is -2.41. The molecule has 9 heteroatoms. The Hall–Kier alpha value is -1.58. The van der Waals surface area contributed by atoms with Crippen LogP contribution in [-0.2, 0) is 20.9 Å². The number of likely N-dealkylation sites (tertiary alicyclic amines) is 1. The second kappa shape index (κ2) is 8.32. The topological polar surface area (TPSA) is 87.7 Å². The van der Waals surface area contributed by atoms with Gasteiger partial charge in [-0.05, 0) is 13.3 Å². The summed E-state index contributed by atoms with van der Waals surface area (Å²) < 4.78 is 4.97. The molecule has 2 rings (SSSR count). The number of methoxy groups -OCH3 is 1. The number of rotatable bonds is 7. The van der Waals surface area contributed by atoms with Gasteiger partial charge in [0, 0.05) is 39.7 Å². The maximum absolute atomic E-state index is 12.1. The van der Waals surface area contributed by atoms with Crippen LogP contribution in [0.2, 0.25) is 0 Å². The van der Waals surface area contributed by atoms with E-state index in [1.54, 1.807) is 14.0 Å². The van der Waals surface area contributed by atoms with Gasteiger partial charge < -0.3 is 9.64 Å². The molecule has 0 aromatic carbocycles. The van der Waals surface area contributed by atoms with Crippen LogP contribution >= 0.6 is 11.3 Å². The number of carbonyl (C=O) groups excluding carboxylic acids is 2. The van der Waals surface area contributed by atoms with Crippen LogP contribution in [0.4, 0.5) is 5.13 Å². The molecule has 23 heavy (non-hydrogen) atoms. The zero-order valence-corrected chi connectivity index (χ0v) is 14.6. The van der Waals surface area contributed by atoms with Gasteiger partial charge in [0.2, 0.25) is 16.9 Å². The van der Waals surface area contributed by atoms with E-state index in [2.05, 4.69) is 20.4 Å². The Balaban J connectivity index is 1.80. The first-order valence-corrected chi connectivity index (χ1v) is 8.45. The molecule has 1 aromatic rings. The van der Waals surface area contributed by atoms with E-state index < -0.39 is 0 Å². The van der Waals surface area contributed by atoms with E-state index in [-0.39, 0.29) is 17.9 Å². The number of carbonyl (C=O) groups is 2. The third-order valence-electron chi connectivity index (χ3n) is 3.78. The molecule has 0 unspecified atom stereocenters. The van der Waals surface area contributed by atoms with Gasteiger partial charge in [0.1, 0.15) is 11.6 Å². The van der Waals surface area contributed by atoms with Gasteiger partial charge in [-0.15, -0.1) is 10.2 Å². The molecule has 128 valence electrons. The largest absolute Gasteiger partial charge is 0.377 e. The van der Waals surface area contributed by atoms with Crippen LogP contribution in [0.25, 0.3) is 0 Å². The summed E-state index contributed by atoms with van der Waals surface area (Å²) in [6.07, 6.45) is 0.900. The van der Waals surface area contributed by atoms with E-state index in [4.69, 9.17) is 4.74 Å². The number of ether oxygens (including phenoxy) is 1. The fourth-order valence-corrected chi connectivity index (χ4v) is 3.52. The minimum Gasteiger partial charge on any atom is -0.377 e. The van der Waals surface area contributed by atoms with E-state index >= 15 is 0 Å². The minimum absolute atomic E-state index is 0.0864. The molecule has 1 aliphatic rings. The van der Waals surface area contributed by atoms with Crippen LogP contribution in [-0.4, -0.2) is 71.1 Å². The Morgan fingerprint density at radius 1 is 1.48 bits per heavy atom. The van der Waals surface area contributed by atoms with Crippen molar-refractivity contribution in [1.82, 2.24) is 20.0 Å². The van der Waals surface area contributed by atoms with Gasteiger partial charge in [-0.3, -0.25) is 19.8 Å². The summed E-state index contributed by atoms with van der Waals surface area (Å²) in [6.45, 7) is 6.49. The second-order valence-electron chi connectivity index (χ2n) is 5.46. The Bertz CT molecular complexity index is 550. The number of hydrogen-bond acceptors (Lipinski definition) is 7. The molecule has 0 bridgehead atoms. The van der Waals surface area contributed by atoms with Crippen LogP contribution in [0.5, 0.6) is 0 Å². The molecule has 1 aliphatic heterocycles. The number of hydrogen-bond donors (Lipinski definition) is 1. The van der Waals surface area contributed by atoms with Crippen molar-refractivity contribution in [3.63, 3.8) is 0 Å². The van der Waals surface area contributed by atoms with Gasteiger partial charge in [-0.1, -0.05) is 11.3 Å². The second-order valence-corrected chi connectivity index (χ2v) is 6.53. The van der Waals surface area contributed by atoms with E-state index in [9.17, 15) is 9.59 Å². The number of anilines is 1. The molecule has 2 heterocycles. The average Bonchev–Trinajstić information content (AvgIpc) is 3.10. The lowest BCUT2D eigenvalue weighted by molar-refractivity contribution is -0.130. The maximum atomic E-state index is 12.1. The number of nitrogens with one attached hydrogen (secondary N) is 1. The SMILES string of the molecule is CCN(C(C)=O)[C@H]1CCN(CC(=O)Nc2nnc(COC)s2)C1. The smallest absolute Gasteiger partial charge is 0.240 e. The van der Waals surface area contributed by atoms with Crippen LogP contribution in [0, 0.1) is 0 Å². The van der Waals surface area contributed by atoms with Crippen LogP contribution in [0.3, 0.4) is 0 Å². The first-order valence-electron chi connectivity index (χ1n) is 7.64. The molecule has 2 amide bonds. The van der Waals surface area contributed by atoms with Crippen molar-refractivity contribution in [2.75, 3.05) is 38.6 Å². The van der Waals surface area contributed by atoms with Crippen molar-refractivity contribution in [2.45, 2.75) is 32.9 Å². The van der Waals surface area contributed by atoms with Crippen molar-refractivity contribution in [2.24, 2.45) is 0 Å². The Labute approximate surface area is 139 Å². The van der Waals surface area contributed by atoms with Crippen LogP contribution < -0.4 is 5.32 Å². The van der Waals surface area contributed by atoms with Gasteiger partial charge in [0.15, 0.2) is 0 Å². The van der Waals surface area contributed by atoms with Crippen molar-refractivity contribution in [3.05, 3.63) is 5.01 Å². The maximum Gasteiger partial charge on any atom is 0.240 e. The summed E-state index contributed by atoms with van der Waals surface area (Å²) in [4.78, 5) is 27.6. The molecule has 0 radical (unpaired) electrons. The van der Waals surface area contributed by atoms with Crippen molar-refractivity contribution >= 4 is 28.3 Å². The molecule has 0 spiro atoms. The third kappa shape index (κ3) is 4.95. The normalized spacial score (nSPS) is 18.1. The van der Waals surface area contributed by atoms with Crippen LogP contribution in [0.15, 0.2) is 0 Å². The molecule has 0 saturated carbocycles. The predicted molar refractivity (Wildman–Crippen MR) is 87.2 cm³/mol. The van der Waals surface area contributed by atoms with Crippen molar-refractivity contribution in [3.8, 4) is 0 Å². The van der Waals surface area contributed by atoms with Gasteiger partial charge in [-0.2, -0.15) is 0 Å². The van der Waals surface area contributed by atoms with Crippen LogP contribution in [0.1, 0.15) is 25.3 Å². The molecule has 1 atom stereocenters. The predicted octanol–water partition coefficient (Wildman–Crippen LogP) is 0.566. The molecule has 1 aromatic heterocycles. The van der Waals surface area contributed by atoms with Gasteiger partial charge in [0.25, 0.3) is 0 Å². The highest BCUT2D eigenvalue weighted by molar-refractivity contribution is 7.15. The first kappa shape index (κ1) is 17.8. The minimum atomic E-state index is -0.114. The molecule has 8 nitrogen and oxygen atoms in total. The highest BCUT2D eigenvalue weighted by atomic mass is 32.1. The molecule has 1 fully saturated rings. The lowest BCUT2D eigenvalue weighted by Gasteiger charge is -2.26. The lowest BCUT2D eigenvalue weighted by atomic mass is 10.2. The van der Waals surface area contributed by atoms with Crippen molar-refractivity contribution < 1.29 is 14.3 Å². The fraction of sp³-hybridized carbons (Fsp3) is 0.714. The summed E-state index contributed by atoms with van der Waals surface area (Å²) in [6, 6.07) is 0.195. The molecule has 1 N–H and O–H groups in total. The van der Waals surface area contributed by atoms with E-state index in [1.807, 2.05) is 11.8 Å². The molecular formula is C14H23N5O3S. The quantitative estimate of drug-likeness (QED) is 0.780. The molecular weight excluding hydrogens is 318 g/mol. The van der Waals surface area contributed by atoms with Gasteiger partial charge in [-0.25, -0.2) is 0 Å². The number of amides is 2. The summed E-state index contributed by atoms with van der Waals surface area (Å²) in [5, 5.41) is 11.8. The Morgan fingerprint density at radius 2 is 2.26 bits per heavy atom. The average molecular weight is 341 g/mol. The highest BCUT2D eigenvalue weighted by Crippen LogP contribution is 2.17. The molecule has 1 saturated heterocycles. The van der Waals surface area contributed by atoms with Gasteiger partial charge >= 0.3 is 0 Å². The fourth-order valence-electron chi connectivity index (χ4n) is 2.80. The zero-order valence-electron chi connectivity index (χ0n) is 13.7. The van der Waals surface area contributed by atoms with Crippen molar-refractivity contribution in [1.29, 1.82) is 0 Å². The summed E-state index contributed by atoms with van der Waals surface area (Å²) in [5.41, 5.74) is 0. The number of nitrogens with zero attached hydrogens (tertiary/aromatic N) is 4. The monoisotopic (exact) mass is 341 g/mol. The Morgan fingerprint density at radius 3 is 2.91 bits per heavy atom. The molecule has 0 aliphatic carbocycles. The van der Waals surface area contributed by atoms with E-state index in [1.165, 1.54) is 11.3 Å².